The number of carboxylic acids is 1. The molecule has 120 valence electrons. The van der Waals surface area contributed by atoms with Crippen molar-refractivity contribution in [1.29, 1.82) is 0 Å². The van der Waals surface area contributed by atoms with Gasteiger partial charge in [-0.2, -0.15) is 0 Å². The van der Waals surface area contributed by atoms with Crippen molar-refractivity contribution in [3.63, 3.8) is 0 Å². The molecule has 1 saturated carbocycles. The van der Waals surface area contributed by atoms with E-state index < -0.39 is 5.97 Å². The third-order valence-corrected chi connectivity index (χ3v) is 5.32. The molecule has 1 aliphatic heterocycles. The topological polar surface area (TPSA) is 45.0 Å². The average molecular weight is 303 g/mol. The van der Waals surface area contributed by atoms with Gasteiger partial charge in [0.05, 0.1) is 19.0 Å². The first-order valence-corrected chi connectivity index (χ1v) is 8.58. The van der Waals surface area contributed by atoms with Crippen LogP contribution in [0.4, 0.5) is 0 Å². The van der Waals surface area contributed by atoms with Gasteiger partial charge in [-0.25, -0.2) is 0 Å². The number of hydrogen-bond acceptors (Lipinski definition) is 2. The molecule has 3 rings (SSSR count). The van der Waals surface area contributed by atoms with Crippen LogP contribution in [0.5, 0.6) is 0 Å². The minimum atomic E-state index is -0.594. The highest BCUT2D eigenvalue weighted by molar-refractivity contribution is 5.71. The molecule has 1 aromatic rings. The maximum atomic E-state index is 11.5. The van der Waals surface area contributed by atoms with Crippen molar-refractivity contribution < 1.29 is 14.8 Å². The Morgan fingerprint density at radius 3 is 2.50 bits per heavy atom. The standard InChI is InChI=1S/C18H26N2O2/c21-18(22)16-8-4-5-9-17(16)20-12-10-19(11-13-20)14-15-6-2-1-3-7-15/h1-3,6-7,16-17H,4-5,8-14H2,(H,21,22)/p+1. The molecule has 0 radical (unpaired) electrons. The lowest BCUT2D eigenvalue weighted by Crippen LogP contribution is -3.13. The molecule has 4 nitrogen and oxygen atoms in total. The van der Waals surface area contributed by atoms with Crippen molar-refractivity contribution in [3.05, 3.63) is 35.9 Å². The third-order valence-electron chi connectivity index (χ3n) is 5.32. The van der Waals surface area contributed by atoms with Crippen LogP contribution in [0.15, 0.2) is 30.3 Å². The molecule has 1 heterocycles. The van der Waals surface area contributed by atoms with E-state index in [9.17, 15) is 9.90 Å². The minimum absolute atomic E-state index is 0.149. The molecule has 22 heavy (non-hydrogen) atoms. The summed E-state index contributed by atoms with van der Waals surface area (Å²) in [5.74, 6) is -0.742. The summed E-state index contributed by atoms with van der Waals surface area (Å²) in [6.07, 6.45) is 4.18. The highest BCUT2D eigenvalue weighted by atomic mass is 16.4. The molecule has 2 atom stereocenters. The van der Waals surface area contributed by atoms with E-state index in [4.69, 9.17) is 0 Å². The minimum Gasteiger partial charge on any atom is -0.481 e. The molecule has 1 aromatic carbocycles. The summed E-state index contributed by atoms with van der Waals surface area (Å²) in [6.45, 7) is 5.41. The molecule has 0 bridgehead atoms. The summed E-state index contributed by atoms with van der Waals surface area (Å²) in [6, 6.07) is 10.9. The average Bonchev–Trinajstić information content (AvgIpc) is 2.56. The number of aliphatic carboxylic acids is 1. The highest BCUT2D eigenvalue weighted by Crippen LogP contribution is 2.28. The van der Waals surface area contributed by atoms with Gasteiger partial charge in [-0.15, -0.1) is 0 Å². The first-order valence-electron chi connectivity index (χ1n) is 8.58. The van der Waals surface area contributed by atoms with Crippen molar-refractivity contribution in [2.24, 2.45) is 5.92 Å². The summed E-state index contributed by atoms with van der Waals surface area (Å²) < 4.78 is 0. The molecular weight excluding hydrogens is 276 g/mol. The molecule has 0 aromatic heterocycles. The molecule has 2 aliphatic rings. The van der Waals surface area contributed by atoms with Gasteiger partial charge in [0.15, 0.2) is 0 Å². The zero-order valence-electron chi connectivity index (χ0n) is 13.2. The Balaban J connectivity index is 1.53. The van der Waals surface area contributed by atoms with Crippen LogP contribution in [-0.2, 0) is 11.3 Å². The number of quaternary nitrogens is 1. The van der Waals surface area contributed by atoms with Gasteiger partial charge in [-0.1, -0.05) is 43.2 Å². The molecule has 0 spiro atoms. The zero-order chi connectivity index (χ0) is 15.4. The number of benzene rings is 1. The first-order chi connectivity index (χ1) is 10.7. The summed E-state index contributed by atoms with van der Waals surface area (Å²) in [7, 11) is 0. The van der Waals surface area contributed by atoms with Crippen molar-refractivity contribution in [3.8, 4) is 0 Å². The first kappa shape index (κ1) is 15.5. The number of carboxylic acid groups (broad SMARTS) is 1. The van der Waals surface area contributed by atoms with Gasteiger partial charge in [0.1, 0.15) is 6.54 Å². The van der Waals surface area contributed by atoms with Crippen molar-refractivity contribution in [2.45, 2.75) is 38.3 Å². The molecule has 1 aliphatic carbocycles. The number of nitrogens with zero attached hydrogens (tertiary/aromatic N) is 1. The van der Waals surface area contributed by atoms with E-state index in [0.717, 1.165) is 52.0 Å². The second kappa shape index (κ2) is 7.25. The van der Waals surface area contributed by atoms with Crippen LogP contribution in [0.25, 0.3) is 0 Å². The number of rotatable bonds is 4. The number of piperazine rings is 1. The van der Waals surface area contributed by atoms with Crippen molar-refractivity contribution in [2.75, 3.05) is 26.2 Å². The smallest absolute Gasteiger partial charge is 0.308 e. The van der Waals surface area contributed by atoms with E-state index in [0.29, 0.717) is 0 Å². The lowest BCUT2D eigenvalue weighted by atomic mass is 9.83. The van der Waals surface area contributed by atoms with E-state index in [1.807, 2.05) is 0 Å². The maximum Gasteiger partial charge on any atom is 0.308 e. The Morgan fingerprint density at radius 2 is 1.82 bits per heavy atom. The largest absolute Gasteiger partial charge is 0.481 e. The van der Waals surface area contributed by atoms with Crippen LogP contribution in [0, 0.1) is 5.92 Å². The molecule has 2 fully saturated rings. The number of hydrogen-bond donors (Lipinski definition) is 2. The zero-order valence-corrected chi connectivity index (χ0v) is 13.2. The maximum absolute atomic E-state index is 11.5. The fourth-order valence-electron chi connectivity index (χ4n) is 4.07. The Hall–Kier alpha value is -1.39. The van der Waals surface area contributed by atoms with Crippen LogP contribution in [-0.4, -0.2) is 48.2 Å². The van der Waals surface area contributed by atoms with E-state index in [1.54, 1.807) is 4.90 Å². The van der Waals surface area contributed by atoms with E-state index in [2.05, 4.69) is 35.2 Å². The SMILES string of the molecule is O=C(O)C1CCCCC1N1CC[NH+](Cc2ccccc2)CC1. The van der Waals surface area contributed by atoms with Gasteiger partial charge in [0.25, 0.3) is 0 Å². The summed E-state index contributed by atoms with van der Waals surface area (Å²) >= 11 is 0. The van der Waals surface area contributed by atoms with Crippen LogP contribution >= 0.6 is 0 Å². The van der Waals surface area contributed by atoms with Gasteiger partial charge in [0.2, 0.25) is 0 Å². The normalized spacial score (nSPS) is 27.6. The van der Waals surface area contributed by atoms with Crippen molar-refractivity contribution in [1.82, 2.24) is 4.90 Å². The molecule has 4 heteroatoms. The van der Waals surface area contributed by atoms with Gasteiger partial charge in [0, 0.05) is 24.7 Å². The van der Waals surface area contributed by atoms with E-state index >= 15 is 0 Å². The van der Waals surface area contributed by atoms with Gasteiger partial charge < -0.3 is 10.0 Å². The fraction of sp³-hybridized carbons (Fsp3) is 0.611. The summed E-state index contributed by atoms with van der Waals surface area (Å²) in [5.41, 5.74) is 1.40. The molecule has 1 saturated heterocycles. The number of carbonyl (C=O) groups is 1. The Morgan fingerprint density at radius 1 is 1.14 bits per heavy atom. The fourth-order valence-corrected chi connectivity index (χ4v) is 4.07. The monoisotopic (exact) mass is 303 g/mol. The Kier molecular flexibility index (Phi) is 5.11. The van der Waals surface area contributed by atoms with Crippen molar-refractivity contribution >= 4 is 5.97 Å². The lowest BCUT2D eigenvalue weighted by Gasteiger charge is -2.41. The van der Waals surface area contributed by atoms with Crippen LogP contribution in [0.1, 0.15) is 31.2 Å². The molecule has 2 unspecified atom stereocenters. The Labute approximate surface area is 132 Å². The predicted molar refractivity (Wildman–Crippen MR) is 85.8 cm³/mol. The highest BCUT2D eigenvalue weighted by Gasteiger charge is 2.36. The van der Waals surface area contributed by atoms with E-state index in [-0.39, 0.29) is 12.0 Å². The quantitative estimate of drug-likeness (QED) is 0.873. The second-order valence-electron chi connectivity index (χ2n) is 6.74. The van der Waals surface area contributed by atoms with E-state index in [1.165, 1.54) is 12.0 Å². The van der Waals surface area contributed by atoms with Gasteiger partial charge in [-0.3, -0.25) is 9.69 Å². The van der Waals surface area contributed by atoms with Crippen LogP contribution in [0.3, 0.4) is 0 Å². The van der Waals surface area contributed by atoms with Gasteiger partial charge in [-0.05, 0) is 12.8 Å². The number of nitrogens with one attached hydrogen (secondary N) is 1. The van der Waals surface area contributed by atoms with Gasteiger partial charge >= 0.3 is 5.97 Å². The predicted octanol–water partition coefficient (Wildman–Crippen LogP) is 1.03. The summed E-state index contributed by atoms with van der Waals surface area (Å²) in [4.78, 5) is 15.5. The third kappa shape index (κ3) is 3.68. The van der Waals surface area contributed by atoms with Crippen LogP contribution < -0.4 is 4.90 Å². The summed E-state index contributed by atoms with van der Waals surface area (Å²) in [5, 5.41) is 9.45. The Bertz CT molecular complexity index is 483. The molecular formula is C18H27N2O2+. The van der Waals surface area contributed by atoms with Crippen LogP contribution in [0.2, 0.25) is 0 Å². The lowest BCUT2D eigenvalue weighted by molar-refractivity contribution is -0.918. The molecule has 2 N–H and O–H groups in total. The molecule has 0 amide bonds. The second-order valence-corrected chi connectivity index (χ2v) is 6.74.